The highest BCUT2D eigenvalue weighted by Gasteiger charge is 2.24. The minimum absolute atomic E-state index is 0.250. The van der Waals surface area contributed by atoms with Gasteiger partial charge in [-0.05, 0) is 30.7 Å². The first-order chi connectivity index (χ1) is 16.1. The Morgan fingerprint density at radius 3 is 2.73 bits per heavy atom. The van der Waals surface area contributed by atoms with Gasteiger partial charge < -0.3 is 10.3 Å². The molecule has 9 nitrogen and oxygen atoms in total. The SMILES string of the molecule is CC[C@H](Nc1ncnc2[nH]cnc12)c1nc2cccc(Cl)c2c(=O)n1N(C)c1ccccc1. The summed E-state index contributed by atoms with van der Waals surface area (Å²) in [5, 5.41) is 5.93. The van der Waals surface area contributed by atoms with Crippen LogP contribution in [0.25, 0.3) is 22.1 Å². The third kappa shape index (κ3) is 3.66. The molecular formula is C23H21ClN8O. The second kappa shape index (κ2) is 8.51. The highest BCUT2D eigenvalue weighted by Crippen LogP contribution is 2.27. The van der Waals surface area contributed by atoms with Crippen molar-refractivity contribution in [3.63, 3.8) is 0 Å². The number of para-hydroxylation sites is 1. The van der Waals surface area contributed by atoms with Crippen LogP contribution in [0.5, 0.6) is 0 Å². The molecule has 0 unspecified atom stereocenters. The largest absolute Gasteiger partial charge is 0.358 e. The number of aromatic amines is 1. The molecule has 0 amide bonds. The molecule has 0 aliphatic rings. The number of rotatable bonds is 6. The summed E-state index contributed by atoms with van der Waals surface area (Å²) >= 11 is 6.42. The third-order valence-corrected chi connectivity index (χ3v) is 5.84. The lowest BCUT2D eigenvalue weighted by Crippen LogP contribution is -2.40. The van der Waals surface area contributed by atoms with Crippen molar-refractivity contribution in [2.45, 2.75) is 19.4 Å². The fraction of sp³-hybridized carbons (Fsp3) is 0.174. The summed E-state index contributed by atoms with van der Waals surface area (Å²) in [6.45, 7) is 2.02. The zero-order valence-electron chi connectivity index (χ0n) is 18.0. The van der Waals surface area contributed by atoms with Crippen molar-refractivity contribution in [2.75, 3.05) is 17.4 Å². The van der Waals surface area contributed by atoms with Crippen molar-refractivity contribution in [3.8, 4) is 0 Å². The summed E-state index contributed by atoms with van der Waals surface area (Å²) < 4.78 is 1.56. The van der Waals surface area contributed by atoms with Crippen LogP contribution in [0.1, 0.15) is 25.2 Å². The maximum absolute atomic E-state index is 13.8. The van der Waals surface area contributed by atoms with Gasteiger partial charge in [0.05, 0.1) is 34.0 Å². The van der Waals surface area contributed by atoms with E-state index < -0.39 is 0 Å². The summed E-state index contributed by atoms with van der Waals surface area (Å²) in [7, 11) is 1.83. The molecule has 0 saturated carbocycles. The number of nitrogens with one attached hydrogen (secondary N) is 2. The molecule has 0 fully saturated rings. The summed E-state index contributed by atoms with van der Waals surface area (Å²) in [4.78, 5) is 34.5. The molecular weight excluding hydrogens is 440 g/mol. The molecule has 0 bridgehead atoms. The molecule has 0 radical (unpaired) electrons. The smallest absolute Gasteiger partial charge is 0.282 e. The van der Waals surface area contributed by atoms with Gasteiger partial charge in [0, 0.05) is 7.05 Å². The lowest BCUT2D eigenvalue weighted by molar-refractivity contribution is 0.595. The number of hydrogen-bond donors (Lipinski definition) is 2. The van der Waals surface area contributed by atoms with Crippen molar-refractivity contribution in [1.29, 1.82) is 0 Å². The second-order valence-corrected chi connectivity index (χ2v) is 7.91. The van der Waals surface area contributed by atoms with Crippen molar-refractivity contribution >= 4 is 45.2 Å². The van der Waals surface area contributed by atoms with Crippen LogP contribution in [0.2, 0.25) is 5.02 Å². The summed E-state index contributed by atoms with van der Waals surface area (Å²) in [5.74, 6) is 1.09. The van der Waals surface area contributed by atoms with E-state index in [0.717, 1.165) is 5.69 Å². The van der Waals surface area contributed by atoms with Gasteiger partial charge in [-0.15, -0.1) is 0 Å². The molecule has 1 atom stereocenters. The topological polar surface area (TPSA) is 105 Å². The van der Waals surface area contributed by atoms with E-state index in [1.54, 1.807) is 34.2 Å². The average molecular weight is 461 g/mol. The molecule has 0 aliphatic carbocycles. The van der Waals surface area contributed by atoms with Gasteiger partial charge in [0.1, 0.15) is 11.8 Å². The van der Waals surface area contributed by atoms with E-state index in [1.165, 1.54) is 6.33 Å². The normalized spacial score (nSPS) is 12.2. The Morgan fingerprint density at radius 2 is 1.94 bits per heavy atom. The molecule has 5 aromatic rings. The number of benzene rings is 2. The molecule has 33 heavy (non-hydrogen) atoms. The predicted molar refractivity (Wildman–Crippen MR) is 130 cm³/mol. The first-order valence-electron chi connectivity index (χ1n) is 10.5. The van der Waals surface area contributed by atoms with Gasteiger partial charge in [-0.1, -0.05) is 42.8 Å². The van der Waals surface area contributed by atoms with Gasteiger partial charge in [-0.2, -0.15) is 0 Å². The highest BCUT2D eigenvalue weighted by atomic mass is 35.5. The van der Waals surface area contributed by atoms with E-state index in [4.69, 9.17) is 16.6 Å². The predicted octanol–water partition coefficient (Wildman–Crippen LogP) is 4.18. The molecule has 0 spiro atoms. The zero-order chi connectivity index (χ0) is 22.9. The standard InChI is InChI=1S/C23H21ClN8O/c1-3-16(29-21-19-20(26-12-25-19)27-13-28-21)22-30-17-11-7-10-15(24)18(17)23(33)32(22)31(2)14-8-5-4-6-9-14/h4-13,16H,3H2,1-2H3,(H2,25,26,27,28,29)/t16-/m0/s1. The monoisotopic (exact) mass is 460 g/mol. The summed E-state index contributed by atoms with van der Waals surface area (Å²) in [6.07, 6.45) is 3.67. The van der Waals surface area contributed by atoms with E-state index in [0.29, 0.717) is 45.2 Å². The first-order valence-corrected chi connectivity index (χ1v) is 10.9. The molecule has 3 aromatic heterocycles. The molecule has 5 rings (SSSR count). The Morgan fingerprint density at radius 1 is 1.12 bits per heavy atom. The number of hydrogen-bond acceptors (Lipinski definition) is 7. The van der Waals surface area contributed by atoms with Crippen LogP contribution >= 0.6 is 11.6 Å². The quantitative estimate of drug-likeness (QED) is 0.391. The molecule has 2 aromatic carbocycles. The van der Waals surface area contributed by atoms with E-state index in [1.807, 2.05) is 44.3 Å². The number of nitrogens with zero attached hydrogens (tertiary/aromatic N) is 6. The van der Waals surface area contributed by atoms with Crippen molar-refractivity contribution in [3.05, 3.63) is 82.4 Å². The Kier molecular flexibility index (Phi) is 5.39. The Balaban J connectivity index is 1.71. The van der Waals surface area contributed by atoms with E-state index in [9.17, 15) is 4.79 Å². The van der Waals surface area contributed by atoms with Crippen LogP contribution in [-0.4, -0.2) is 36.6 Å². The Labute approximate surface area is 194 Å². The number of halogens is 1. The summed E-state index contributed by atoms with van der Waals surface area (Å²) in [5.41, 5.74) is 2.36. The van der Waals surface area contributed by atoms with Crippen LogP contribution in [0.3, 0.4) is 0 Å². The number of H-pyrrole nitrogens is 1. The third-order valence-electron chi connectivity index (χ3n) is 5.53. The molecule has 2 N–H and O–H groups in total. The van der Waals surface area contributed by atoms with Crippen LogP contribution in [0.15, 0.2) is 66.0 Å². The molecule has 3 heterocycles. The Hall–Kier alpha value is -3.98. The van der Waals surface area contributed by atoms with E-state index in [-0.39, 0.29) is 11.6 Å². The average Bonchev–Trinajstić information content (AvgIpc) is 3.32. The maximum atomic E-state index is 13.8. The van der Waals surface area contributed by atoms with Crippen LogP contribution < -0.4 is 15.9 Å². The molecule has 10 heteroatoms. The lowest BCUT2D eigenvalue weighted by atomic mass is 10.1. The Bertz CT molecular complexity index is 1500. The molecule has 0 aliphatic heterocycles. The minimum Gasteiger partial charge on any atom is -0.358 e. The number of anilines is 2. The van der Waals surface area contributed by atoms with Crippen LogP contribution in [-0.2, 0) is 0 Å². The number of fused-ring (bicyclic) bond motifs is 2. The van der Waals surface area contributed by atoms with Gasteiger partial charge in [-0.25, -0.2) is 24.6 Å². The van der Waals surface area contributed by atoms with Crippen molar-refractivity contribution in [1.82, 2.24) is 29.6 Å². The molecule has 166 valence electrons. The van der Waals surface area contributed by atoms with E-state index >= 15 is 0 Å². The first kappa shape index (κ1) is 20.9. The van der Waals surface area contributed by atoms with Gasteiger partial charge >= 0.3 is 0 Å². The van der Waals surface area contributed by atoms with Gasteiger partial charge in [0.25, 0.3) is 5.56 Å². The fourth-order valence-electron chi connectivity index (χ4n) is 3.86. The number of aromatic nitrogens is 6. The second-order valence-electron chi connectivity index (χ2n) is 7.51. The van der Waals surface area contributed by atoms with Crippen molar-refractivity contribution < 1.29 is 0 Å². The molecule has 0 saturated heterocycles. The summed E-state index contributed by atoms with van der Waals surface area (Å²) in [6, 6.07) is 14.6. The maximum Gasteiger partial charge on any atom is 0.282 e. The highest BCUT2D eigenvalue weighted by molar-refractivity contribution is 6.35. The van der Waals surface area contributed by atoms with Crippen LogP contribution in [0.4, 0.5) is 11.5 Å². The van der Waals surface area contributed by atoms with E-state index in [2.05, 4.69) is 25.3 Å². The van der Waals surface area contributed by atoms with Gasteiger partial charge in [0.15, 0.2) is 17.3 Å². The number of imidazole rings is 1. The van der Waals surface area contributed by atoms with Crippen LogP contribution in [0, 0.1) is 0 Å². The minimum atomic E-state index is -0.345. The lowest BCUT2D eigenvalue weighted by Gasteiger charge is -2.28. The van der Waals surface area contributed by atoms with Gasteiger partial charge in [0.2, 0.25) is 0 Å². The zero-order valence-corrected chi connectivity index (χ0v) is 18.8. The van der Waals surface area contributed by atoms with Gasteiger partial charge in [-0.3, -0.25) is 9.80 Å². The fourth-order valence-corrected chi connectivity index (χ4v) is 4.11. The van der Waals surface area contributed by atoms with Crippen molar-refractivity contribution in [2.24, 2.45) is 0 Å².